The molecule has 0 saturated carbocycles. The van der Waals surface area contributed by atoms with E-state index in [2.05, 4.69) is 46.3 Å². The van der Waals surface area contributed by atoms with Crippen molar-refractivity contribution in [2.45, 2.75) is 19.4 Å². The molecule has 1 aromatic heterocycles. The zero-order chi connectivity index (χ0) is 18.5. The van der Waals surface area contributed by atoms with Crippen LogP contribution in [0.2, 0.25) is 0 Å². The van der Waals surface area contributed by atoms with Gasteiger partial charge in [0.05, 0.1) is 0 Å². The van der Waals surface area contributed by atoms with Crippen LogP contribution < -0.4 is 4.74 Å². The van der Waals surface area contributed by atoms with Gasteiger partial charge < -0.3 is 9.84 Å². The van der Waals surface area contributed by atoms with Gasteiger partial charge in [0, 0.05) is 36.6 Å². The van der Waals surface area contributed by atoms with Crippen LogP contribution in [0.1, 0.15) is 17.5 Å². The summed E-state index contributed by atoms with van der Waals surface area (Å²) in [7, 11) is 0. The van der Waals surface area contributed by atoms with Gasteiger partial charge in [-0.05, 0) is 48.7 Å². The zero-order valence-corrected chi connectivity index (χ0v) is 15.3. The fraction of sp³-hybridized carbons (Fsp3) is 0.261. The van der Waals surface area contributed by atoms with Crippen molar-refractivity contribution < 1.29 is 9.84 Å². The van der Waals surface area contributed by atoms with Gasteiger partial charge in [0.25, 0.3) is 0 Å². The Kier molecular flexibility index (Phi) is 5.35. The van der Waals surface area contributed by atoms with Crippen molar-refractivity contribution in [3.63, 3.8) is 0 Å². The first kappa shape index (κ1) is 17.6. The average molecular weight is 360 g/mol. The predicted octanol–water partition coefficient (Wildman–Crippen LogP) is 4.28. The molecule has 3 aromatic rings. The summed E-state index contributed by atoms with van der Waals surface area (Å²) >= 11 is 0. The quantitative estimate of drug-likeness (QED) is 0.738. The van der Waals surface area contributed by atoms with E-state index in [1.807, 2.05) is 18.3 Å². The van der Waals surface area contributed by atoms with E-state index in [0.29, 0.717) is 12.4 Å². The van der Waals surface area contributed by atoms with Crippen molar-refractivity contribution in [2.75, 3.05) is 19.7 Å². The summed E-state index contributed by atoms with van der Waals surface area (Å²) in [5.41, 5.74) is 4.37. The molecule has 0 fully saturated rings. The number of aromatic hydroxyl groups is 1. The van der Waals surface area contributed by atoms with Crippen LogP contribution in [0.3, 0.4) is 0 Å². The Morgan fingerprint density at radius 2 is 1.93 bits per heavy atom. The normalized spacial score (nSPS) is 14.2. The largest absolute Gasteiger partial charge is 0.504 e. The Balaban J connectivity index is 1.48. The molecule has 4 nitrogen and oxygen atoms in total. The highest BCUT2D eigenvalue weighted by Gasteiger charge is 2.19. The number of benzene rings is 2. The van der Waals surface area contributed by atoms with E-state index < -0.39 is 0 Å². The van der Waals surface area contributed by atoms with Crippen LogP contribution in [0.15, 0.2) is 67.0 Å². The Morgan fingerprint density at radius 1 is 1.04 bits per heavy atom. The number of nitrogens with zero attached hydrogens (tertiary/aromatic N) is 2. The summed E-state index contributed by atoms with van der Waals surface area (Å²) in [5, 5.41) is 10.5. The van der Waals surface area contributed by atoms with E-state index in [1.165, 1.54) is 5.56 Å². The van der Waals surface area contributed by atoms with Crippen LogP contribution in [0, 0.1) is 0 Å². The molecule has 27 heavy (non-hydrogen) atoms. The molecule has 0 unspecified atom stereocenters. The summed E-state index contributed by atoms with van der Waals surface area (Å²) in [5.74, 6) is 0.825. The fourth-order valence-electron chi connectivity index (χ4n) is 3.60. The third-order valence-electron chi connectivity index (χ3n) is 4.97. The summed E-state index contributed by atoms with van der Waals surface area (Å²) in [4.78, 5) is 6.59. The van der Waals surface area contributed by atoms with Crippen LogP contribution in [-0.4, -0.2) is 34.7 Å². The number of hydrogen-bond donors (Lipinski definition) is 1. The number of phenolic OH excluding ortho intramolecular Hbond substituents is 1. The van der Waals surface area contributed by atoms with Gasteiger partial charge in [-0.2, -0.15) is 0 Å². The molecule has 1 aliphatic heterocycles. The second-order valence-electron chi connectivity index (χ2n) is 6.94. The molecule has 0 bridgehead atoms. The number of fused-ring (bicyclic) bond motifs is 1. The van der Waals surface area contributed by atoms with E-state index in [0.717, 1.165) is 49.2 Å². The molecule has 0 radical (unpaired) electrons. The Morgan fingerprint density at radius 3 is 2.74 bits per heavy atom. The minimum Gasteiger partial charge on any atom is -0.504 e. The van der Waals surface area contributed by atoms with Crippen molar-refractivity contribution >= 4 is 0 Å². The van der Waals surface area contributed by atoms with E-state index in [4.69, 9.17) is 4.74 Å². The molecule has 0 amide bonds. The number of pyridine rings is 1. The highest BCUT2D eigenvalue weighted by atomic mass is 16.5. The lowest BCUT2D eigenvalue weighted by Gasteiger charge is -2.19. The zero-order valence-electron chi connectivity index (χ0n) is 15.3. The molecule has 2 aromatic carbocycles. The fourth-order valence-corrected chi connectivity index (χ4v) is 3.60. The highest BCUT2D eigenvalue weighted by molar-refractivity contribution is 5.68. The first-order valence-electron chi connectivity index (χ1n) is 9.45. The number of hydrogen-bond acceptors (Lipinski definition) is 4. The van der Waals surface area contributed by atoms with E-state index >= 15 is 0 Å². The molecular weight excluding hydrogens is 336 g/mol. The summed E-state index contributed by atoms with van der Waals surface area (Å²) in [6, 6.07) is 18.4. The van der Waals surface area contributed by atoms with E-state index in [-0.39, 0.29) is 5.75 Å². The molecule has 4 heteroatoms. The van der Waals surface area contributed by atoms with Crippen LogP contribution in [0.4, 0.5) is 0 Å². The van der Waals surface area contributed by atoms with Crippen LogP contribution in [0.5, 0.6) is 11.5 Å². The summed E-state index contributed by atoms with van der Waals surface area (Å²) < 4.78 is 5.86. The van der Waals surface area contributed by atoms with Crippen molar-refractivity contribution in [3.8, 4) is 22.6 Å². The van der Waals surface area contributed by atoms with Gasteiger partial charge in [0.15, 0.2) is 11.5 Å². The Labute approximate surface area is 160 Å². The minimum atomic E-state index is 0.206. The monoisotopic (exact) mass is 360 g/mol. The van der Waals surface area contributed by atoms with Crippen LogP contribution in [-0.2, 0) is 13.0 Å². The van der Waals surface area contributed by atoms with Crippen LogP contribution >= 0.6 is 0 Å². The average Bonchev–Trinajstić information content (AvgIpc) is 2.92. The van der Waals surface area contributed by atoms with Gasteiger partial charge in [-0.25, -0.2) is 0 Å². The van der Waals surface area contributed by atoms with Crippen LogP contribution in [0.25, 0.3) is 11.1 Å². The Bertz CT molecular complexity index is 882. The maximum absolute atomic E-state index is 10.5. The van der Waals surface area contributed by atoms with Crippen molar-refractivity contribution in [1.82, 2.24) is 9.88 Å². The van der Waals surface area contributed by atoms with Crippen molar-refractivity contribution in [1.29, 1.82) is 0 Å². The second-order valence-corrected chi connectivity index (χ2v) is 6.94. The highest BCUT2D eigenvalue weighted by Crippen LogP contribution is 2.37. The lowest BCUT2D eigenvalue weighted by molar-refractivity contribution is 0.221. The van der Waals surface area contributed by atoms with Gasteiger partial charge in [0.2, 0.25) is 0 Å². The molecule has 2 heterocycles. The lowest BCUT2D eigenvalue weighted by Crippen LogP contribution is -2.27. The summed E-state index contributed by atoms with van der Waals surface area (Å²) in [6.45, 7) is 3.25. The third kappa shape index (κ3) is 4.29. The first-order chi connectivity index (χ1) is 13.3. The number of aryl methyl sites for hydroxylation is 1. The maximum atomic E-state index is 10.5. The number of aromatic nitrogens is 1. The first-order valence-corrected chi connectivity index (χ1v) is 9.45. The van der Waals surface area contributed by atoms with E-state index in [1.54, 1.807) is 12.3 Å². The van der Waals surface area contributed by atoms with Crippen molar-refractivity contribution in [2.24, 2.45) is 0 Å². The molecule has 1 aliphatic rings. The number of rotatable bonds is 5. The van der Waals surface area contributed by atoms with E-state index in [9.17, 15) is 5.11 Å². The molecule has 0 spiro atoms. The van der Waals surface area contributed by atoms with Gasteiger partial charge in [-0.3, -0.25) is 9.88 Å². The SMILES string of the molecule is Oc1cc(-c2cccnc2)cc2c1OCCN(CCCc1ccccc1)C2. The molecule has 0 atom stereocenters. The number of ether oxygens (including phenoxy) is 1. The molecule has 138 valence electrons. The minimum absolute atomic E-state index is 0.206. The topological polar surface area (TPSA) is 45.6 Å². The van der Waals surface area contributed by atoms with Gasteiger partial charge in [0.1, 0.15) is 6.61 Å². The lowest BCUT2D eigenvalue weighted by atomic mass is 10.0. The standard InChI is InChI=1S/C23H24N2O2/c26-22-15-20(19-9-4-10-24-16-19)14-21-17-25(12-13-27-23(21)22)11-5-8-18-6-2-1-3-7-18/h1-4,6-7,9-10,14-16,26H,5,8,11-13,17H2. The molecule has 0 saturated heterocycles. The third-order valence-corrected chi connectivity index (χ3v) is 4.97. The van der Waals surface area contributed by atoms with Gasteiger partial charge in [-0.1, -0.05) is 36.4 Å². The predicted molar refractivity (Wildman–Crippen MR) is 107 cm³/mol. The molecule has 1 N–H and O–H groups in total. The smallest absolute Gasteiger partial charge is 0.165 e. The second kappa shape index (κ2) is 8.23. The molecule has 4 rings (SSSR count). The molecule has 0 aliphatic carbocycles. The van der Waals surface area contributed by atoms with Gasteiger partial charge in [-0.15, -0.1) is 0 Å². The number of phenols is 1. The van der Waals surface area contributed by atoms with Gasteiger partial charge >= 0.3 is 0 Å². The summed E-state index contributed by atoms with van der Waals surface area (Å²) in [6.07, 6.45) is 5.75. The maximum Gasteiger partial charge on any atom is 0.165 e. The Hall–Kier alpha value is -2.85. The van der Waals surface area contributed by atoms with Crippen molar-refractivity contribution in [3.05, 3.63) is 78.1 Å². The molecular formula is C23H24N2O2.